The first-order valence-electron chi connectivity index (χ1n) is 8.09. The van der Waals surface area contributed by atoms with Crippen LogP contribution in [0.4, 0.5) is 5.69 Å². The van der Waals surface area contributed by atoms with Crippen LogP contribution in [-0.2, 0) is 4.79 Å². The highest BCUT2D eigenvalue weighted by Crippen LogP contribution is 2.32. The summed E-state index contributed by atoms with van der Waals surface area (Å²) >= 11 is 1.31. The Labute approximate surface area is 157 Å². The Bertz CT molecular complexity index is 919. The van der Waals surface area contributed by atoms with Gasteiger partial charge in [-0.2, -0.15) is 0 Å². The molecule has 0 radical (unpaired) electrons. The molecule has 1 aliphatic heterocycles. The van der Waals surface area contributed by atoms with Gasteiger partial charge in [-0.05, 0) is 73.1 Å². The zero-order chi connectivity index (χ0) is 18.7. The number of benzene rings is 2. The number of aliphatic imine (C=N–C) groups is 1. The number of hydrogen-bond acceptors (Lipinski definition) is 5. The molecule has 26 heavy (non-hydrogen) atoms. The van der Waals surface area contributed by atoms with E-state index in [1.54, 1.807) is 20.3 Å². The Morgan fingerprint density at radius 2 is 1.85 bits per heavy atom. The standard InChI is InChI=1S/C20H20N2O3S/c1-12-5-6-15(9-13(12)2)21-20-22-19(23)18(26-20)11-14-10-16(24-3)7-8-17(14)25-4/h5-11H,1-4H3,(H,21,22,23)/b18-11-. The minimum atomic E-state index is -0.178. The number of amidine groups is 1. The molecular formula is C20H20N2O3S. The molecule has 0 aromatic heterocycles. The van der Waals surface area contributed by atoms with Gasteiger partial charge in [-0.25, -0.2) is 4.99 Å². The highest BCUT2D eigenvalue weighted by atomic mass is 32.2. The number of carbonyl (C=O) groups excluding carboxylic acids is 1. The number of ether oxygens (including phenoxy) is 2. The molecule has 0 bridgehead atoms. The first-order chi connectivity index (χ1) is 12.5. The summed E-state index contributed by atoms with van der Waals surface area (Å²) in [6.45, 7) is 4.10. The average Bonchev–Trinajstić information content (AvgIpc) is 2.97. The van der Waals surface area contributed by atoms with E-state index in [-0.39, 0.29) is 5.91 Å². The van der Waals surface area contributed by atoms with Crippen LogP contribution in [0.15, 0.2) is 46.3 Å². The molecular weight excluding hydrogens is 348 g/mol. The van der Waals surface area contributed by atoms with Crippen molar-refractivity contribution in [2.24, 2.45) is 4.99 Å². The van der Waals surface area contributed by atoms with E-state index >= 15 is 0 Å². The molecule has 2 aromatic rings. The number of nitrogens with one attached hydrogen (secondary N) is 1. The predicted octanol–water partition coefficient (Wildman–Crippen LogP) is 4.21. The van der Waals surface area contributed by atoms with Crippen LogP contribution in [-0.4, -0.2) is 25.3 Å². The SMILES string of the molecule is COc1ccc(OC)c(/C=C2\SC(=Nc3ccc(C)c(C)c3)NC2=O)c1. The lowest BCUT2D eigenvalue weighted by Crippen LogP contribution is -2.19. The quantitative estimate of drug-likeness (QED) is 0.821. The van der Waals surface area contributed by atoms with Gasteiger partial charge >= 0.3 is 0 Å². The highest BCUT2D eigenvalue weighted by molar-refractivity contribution is 8.18. The molecule has 2 aromatic carbocycles. The van der Waals surface area contributed by atoms with Crippen LogP contribution in [0.25, 0.3) is 6.08 Å². The van der Waals surface area contributed by atoms with Crippen LogP contribution < -0.4 is 14.8 Å². The zero-order valence-electron chi connectivity index (χ0n) is 15.1. The van der Waals surface area contributed by atoms with Gasteiger partial charge in [0.25, 0.3) is 5.91 Å². The second kappa shape index (κ2) is 7.66. The van der Waals surface area contributed by atoms with Gasteiger partial charge in [0.05, 0.1) is 24.8 Å². The number of carbonyl (C=O) groups is 1. The lowest BCUT2D eigenvalue weighted by atomic mass is 10.1. The maximum atomic E-state index is 12.3. The van der Waals surface area contributed by atoms with E-state index in [0.717, 1.165) is 16.8 Å². The molecule has 5 nitrogen and oxygen atoms in total. The molecule has 0 unspecified atom stereocenters. The fourth-order valence-electron chi connectivity index (χ4n) is 2.49. The van der Waals surface area contributed by atoms with Crippen molar-refractivity contribution < 1.29 is 14.3 Å². The monoisotopic (exact) mass is 368 g/mol. The van der Waals surface area contributed by atoms with Gasteiger partial charge < -0.3 is 14.8 Å². The van der Waals surface area contributed by atoms with Crippen molar-refractivity contribution >= 4 is 34.6 Å². The molecule has 134 valence electrons. The molecule has 1 saturated heterocycles. The fraction of sp³-hybridized carbons (Fsp3) is 0.200. The van der Waals surface area contributed by atoms with Gasteiger partial charge in [0.2, 0.25) is 0 Å². The minimum Gasteiger partial charge on any atom is -0.497 e. The number of hydrogen-bond donors (Lipinski definition) is 1. The van der Waals surface area contributed by atoms with Crippen molar-refractivity contribution in [2.75, 3.05) is 14.2 Å². The number of rotatable bonds is 4. The van der Waals surface area contributed by atoms with Crippen LogP contribution in [0.3, 0.4) is 0 Å². The van der Waals surface area contributed by atoms with Gasteiger partial charge in [0.15, 0.2) is 5.17 Å². The van der Waals surface area contributed by atoms with Crippen molar-refractivity contribution in [3.05, 3.63) is 58.0 Å². The number of thioether (sulfide) groups is 1. The molecule has 1 fully saturated rings. The normalized spacial score (nSPS) is 16.8. The summed E-state index contributed by atoms with van der Waals surface area (Å²) in [5.74, 6) is 1.19. The third kappa shape index (κ3) is 3.91. The van der Waals surface area contributed by atoms with E-state index in [1.165, 1.54) is 17.3 Å². The first-order valence-corrected chi connectivity index (χ1v) is 8.90. The number of amides is 1. The topological polar surface area (TPSA) is 59.9 Å². The summed E-state index contributed by atoms with van der Waals surface area (Å²) < 4.78 is 10.6. The molecule has 6 heteroatoms. The lowest BCUT2D eigenvalue weighted by molar-refractivity contribution is -0.115. The number of aryl methyl sites for hydroxylation is 2. The average molecular weight is 368 g/mol. The second-order valence-electron chi connectivity index (χ2n) is 5.86. The Morgan fingerprint density at radius 3 is 2.54 bits per heavy atom. The molecule has 3 rings (SSSR count). The number of nitrogens with zero attached hydrogens (tertiary/aromatic N) is 1. The third-order valence-electron chi connectivity index (χ3n) is 4.10. The molecule has 0 spiro atoms. The summed E-state index contributed by atoms with van der Waals surface area (Å²) in [5.41, 5.74) is 3.97. The maximum absolute atomic E-state index is 12.3. The Hall–Kier alpha value is -2.73. The van der Waals surface area contributed by atoms with Crippen LogP contribution in [0.5, 0.6) is 11.5 Å². The van der Waals surface area contributed by atoms with E-state index in [9.17, 15) is 4.79 Å². The summed E-state index contributed by atoms with van der Waals surface area (Å²) in [6.07, 6.45) is 1.78. The van der Waals surface area contributed by atoms with Crippen molar-refractivity contribution in [1.29, 1.82) is 0 Å². The first kappa shape index (κ1) is 18.1. The summed E-state index contributed by atoms with van der Waals surface area (Å²) in [6, 6.07) is 11.4. The maximum Gasteiger partial charge on any atom is 0.264 e. The Kier molecular flexibility index (Phi) is 5.32. The second-order valence-corrected chi connectivity index (χ2v) is 6.89. The largest absolute Gasteiger partial charge is 0.497 e. The Morgan fingerprint density at radius 1 is 1.04 bits per heavy atom. The van der Waals surface area contributed by atoms with E-state index < -0.39 is 0 Å². The van der Waals surface area contributed by atoms with Crippen LogP contribution in [0.2, 0.25) is 0 Å². The minimum absolute atomic E-state index is 0.178. The van der Waals surface area contributed by atoms with Gasteiger partial charge in [-0.3, -0.25) is 4.79 Å². The van der Waals surface area contributed by atoms with Gasteiger partial charge in [-0.15, -0.1) is 0 Å². The van der Waals surface area contributed by atoms with Crippen LogP contribution in [0.1, 0.15) is 16.7 Å². The molecule has 0 saturated carbocycles. The zero-order valence-corrected chi connectivity index (χ0v) is 15.9. The fourth-order valence-corrected chi connectivity index (χ4v) is 3.32. The van der Waals surface area contributed by atoms with E-state index in [4.69, 9.17) is 9.47 Å². The van der Waals surface area contributed by atoms with Gasteiger partial charge in [0, 0.05) is 5.56 Å². The molecule has 1 amide bonds. The summed E-state index contributed by atoms with van der Waals surface area (Å²) in [7, 11) is 3.20. The van der Waals surface area contributed by atoms with E-state index in [0.29, 0.717) is 21.6 Å². The summed E-state index contributed by atoms with van der Waals surface area (Å²) in [5, 5.41) is 3.37. The summed E-state index contributed by atoms with van der Waals surface area (Å²) in [4.78, 5) is 17.4. The molecule has 0 aliphatic carbocycles. The molecule has 0 atom stereocenters. The van der Waals surface area contributed by atoms with E-state index in [2.05, 4.69) is 17.2 Å². The van der Waals surface area contributed by atoms with Gasteiger partial charge in [-0.1, -0.05) is 6.07 Å². The van der Waals surface area contributed by atoms with Crippen LogP contribution >= 0.6 is 11.8 Å². The van der Waals surface area contributed by atoms with Crippen molar-refractivity contribution in [2.45, 2.75) is 13.8 Å². The van der Waals surface area contributed by atoms with E-state index in [1.807, 2.05) is 43.3 Å². The van der Waals surface area contributed by atoms with Gasteiger partial charge in [0.1, 0.15) is 11.5 Å². The van der Waals surface area contributed by atoms with Crippen molar-refractivity contribution in [3.63, 3.8) is 0 Å². The predicted molar refractivity (Wildman–Crippen MR) is 106 cm³/mol. The number of methoxy groups -OCH3 is 2. The smallest absolute Gasteiger partial charge is 0.264 e. The Balaban J connectivity index is 1.89. The van der Waals surface area contributed by atoms with Crippen molar-refractivity contribution in [1.82, 2.24) is 5.32 Å². The highest BCUT2D eigenvalue weighted by Gasteiger charge is 2.24. The van der Waals surface area contributed by atoms with Crippen molar-refractivity contribution in [3.8, 4) is 11.5 Å². The molecule has 1 heterocycles. The molecule has 1 N–H and O–H groups in total. The van der Waals surface area contributed by atoms with Crippen LogP contribution in [0, 0.1) is 13.8 Å². The molecule has 1 aliphatic rings. The third-order valence-corrected chi connectivity index (χ3v) is 5.01. The lowest BCUT2D eigenvalue weighted by Gasteiger charge is -2.07.